The zero-order valence-electron chi connectivity index (χ0n) is 13.7. The second-order valence-electron chi connectivity index (χ2n) is 6.30. The second kappa shape index (κ2) is 7.35. The third kappa shape index (κ3) is 4.45. The standard InChI is InChI=1S/C19H18BrFN2O2/c1-11-8-16(11)19(25)23-15-5-2-12(3-6-15)18(24)22-10-13-9-14(21)4-7-17(13)20/h2-7,9,11,16H,8,10H2,1H3,(H,22,24)(H,23,25). The Morgan fingerprint density at radius 3 is 2.52 bits per heavy atom. The maximum Gasteiger partial charge on any atom is 0.251 e. The van der Waals surface area contributed by atoms with Gasteiger partial charge in [0.2, 0.25) is 5.91 Å². The van der Waals surface area contributed by atoms with Crippen LogP contribution in [0, 0.1) is 17.7 Å². The summed E-state index contributed by atoms with van der Waals surface area (Å²) in [5, 5.41) is 5.61. The van der Waals surface area contributed by atoms with E-state index in [2.05, 4.69) is 33.5 Å². The average Bonchev–Trinajstić information content (AvgIpc) is 3.33. The molecule has 0 radical (unpaired) electrons. The van der Waals surface area contributed by atoms with Crippen molar-refractivity contribution < 1.29 is 14.0 Å². The summed E-state index contributed by atoms with van der Waals surface area (Å²) in [6.45, 7) is 2.27. The number of benzene rings is 2. The summed E-state index contributed by atoms with van der Waals surface area (Å²) in [6, 6.07) is 11.1. The molecule has 0 spiro atoms. The maximum absolute atomic E-state index is 13.3. The van der Waals surface area contributed by atoms with Gasteiger partial charge in [0.1, 0.15) is 5.82 Å². The van der Waals surface area contributed by atoms with E-state index in [4.69, 9.17) is 0 Å². The average molecular weight is 405 g/mol. The molecule has 6 heteroatoms. The molecule has 2 aromatic carbocycles. The second-order valence-corrected chi connectivity index (χ2v) is 7.16. The highest BCUT2D eigenvalue weighted by molar-refractivity contribution is 9.10. The first-order valence-electron chi connectivity index (χ1n) is 8.07. The van der Waals surface area contributed by atoms with E-state index in [1.807, 2.05) is 0 Å². The van der Waals surface area contributed by atoms with Crippen LogP contribution in [-0.4, -0.2) is 11.8 Å². The van der Waals surface area contributed by atoms with Crippen LogP contribution in [0.3, 0.4) is 0 Å². The van der Waals surface area contributed by atoms with Gasteiger partial charge in [0.15, 0.2) is 0 Å². The number of hydrogen-bond acceptors (Lipinski definition) is 2. The smallest absolute Gasteiger partial charge is 0.251 e. The number of amides is 2. The highest BCUT2D eigenvalue weighted by Crippen LogP contribution is 2.38. The third-order valence-electron chi connectivity index (χ3n) is 4.31. The van der Waals surface area contributed by atoms with Gasteiger partial charge in [-0.05, 0) is 60.4 Å². The maximum atomic E-state index is 13.3. The Kier molecular flexibility index (Phi) is 5.18. The quantitative estimate of drug-likeness (QED) is 0.787. The fourth-order valence-corrected chi connectivity index (χ4v) is 2.97. The number of hydrogen-bond donors (Lipinski definition) is 2. The Labute approximate surface area is 153 Å². The molecule has 2 aromatic rings. The molecule has 2 atom stereocenters. The van der Waals surface area contributed by atoms with E-state index in [1.165, 1.54) is 12.1 Å². The molecule has 0 heterocycles. The largest absolute Gasteiger partial charge is 0.348 e. The molecule has 1 aliphatic carbocycles. The van der Waals surface area contributed by atoms with Crippen LogP contribution in [0.25, 0.3) is 0 Å². The molecule has 1 saturated carbocycles. The Morgan fingerprint density at radius 2 is 1.88 bits per heavy atom. The number of rotatable bonds is 5. The van der Waals surface area contributed by atoms with Gasteiger partial charge in [-0.3, -0.25) is 9.59 Å². The predicted molar refractivity (Wildman–Crippen MR) is 97.6 cm³/mol. The highest BCUT2D eigenvalue weighted by Gasteiger charge is 2.39. The zero-order chi connectivity index (χ0) is 18.0. The van der Waals surface area contributed by atoms with Crippen molar-refractivity contribution >= 4 is 33.4 Å². The van der Waals surface area contributed by atoms with Gasteiger partial charge in [0, 0.05) is 28.2 Å². The topological polar surface area (TPSA) is 58.2 Å². The van der Waals surface area contributed by atoms with Gasteiger partial charge in [0.25, 0.3) is 5.91 Å². The van der Waals surface area contributed by atoms with Crippen molar-refractivity contribution in [2.45, 2.75) is 19.9 Å². The van der Waals surface area contributed by atoms with E-state index in [1.54, 1.807) is 30.3 Å². The summed E-state index contributed by atoms with van der Waals surface area (Å²) in [6.07, 6.45) is 0.933. The Hall–Kier alpha value is -2.21. The van der Waals surface area contributed by atoms with Gasteiger partial charge in [-0.25, -0.2) is 4.39 Å². The molecule has 2 unspecified atom stereocenters. The monoisotopic (exact) mass is 404 g/mol. The lowest BCUT2D eigenvalue weighted by atomic mass is 10.1. The van der Waals surface area contributed by atoms with E-state index >= 15 is 0 Å². The molecule has 130 valence electrons. The van der Waals surface area contributed by atoms with Gasteiger partial charge in [-0.15, -0.1) is 0 Å². The van der Waals surface area contributed by atoms with Crippen LogP contribution in [0.5, 0.6) is 0 Å². The van der Waals surface area contributed by atoms with Gasteiger partial charge in [0.05, 0.1) is 0 Å². The van der Waals surface area contributed by atoms with Crippen molar-refractivity contribution in [2.75, 3.05) is 5.32 Å². The molecule has 3 rings (SSSR count). The van der Waals surface area contributed by atoms with Gasteiger partial charge in [-0.1, -0.05) is 22.9 Å². The molecule has 0 aromatic heterocycles. The molecule has 25 heavy (non-hydrogen) atoms. The van der Waals surface area contributed by atoms with Gasteiger partial charge < -0.3 is 10.6 Å². The Morgan fingerprint density at radius 1 is 1.20 bits per heavy atom. The van der Waals surface area contributed by atoms with E-state index in [0.29, 0.717) is 22.7 Å². The number of carbonyl (C=O) groups is 2. The fourth-order valence-electron chi connectivity index (χ4n) is 2.58. The van der Waals surface area contributed by atoms with E-state index in [0.717, 1.165) is 10.9 Å². The Balaban J connectivity index is 1.57. The minimum Gasteiger partial charge on any atom is -0.348 e. The number of nitrogens with one attached hydrogen (secondary N) is 2. The van der Waals surface area contributed by atoms with Crippen molar-refractivity contribution in [3.05, 3.63) is 63.9 Å². The lowest BCUT2D eigenvalue weighted by Crippen LogP contribution is -2.23. The normalized spacial score (nSPS) is 18.5. The molecular formula is C19H18BrFN2O2. The van der Waals surface area contributed by atoms with Gasteiger partial charge >= 0.3 is 0 Å². The van der Waals surface area contributed by atoms with Crippen LogP contribution in [0.15, 0.2) is 46.9 Å². The zero-order valence-corrected chi connectivity index (χ0v) is 15.3. The molecule has 1 aliphatic rings. The van der Waals surface area contributed by atoms with Crippen LogP contribution in [-0.2, 0) is 11.3 Å². The third-order valence-corrected chi connectivity index (χ3v) is 5.08. The van der Waals surface area contributed by atoms with Gasteiger partial charge in [-0.2, -0.15) is 0 Å². The van der Waals surface area contributed by atoms with Crippen LogP contribution >= 0.6 is 15.9 Å². The molecule has 1 fully saturated rings. The van der Waals surface area contributed by atoms with Crippen molar-refractivity contribution in [1.29, 1.82) is 0 Å². The van der Waals surface area contributed by atoms with E-state index < -0.39 is 0 Å². The van der Waals surface area contributed by atoms with Crippen molar-refractivity contribution in [3.63, 3.8) is 0 Å². The van der Waals surface area contributed by atoms with Crippen molar-refractivity contribution in [2.24, 2.45) is 11.8 Å². The van der Waals surface area contributed by atoms with Crippen LogP contribution < -0.4 is 10.6 Å². The summed E-state index contributed by atoms with van der Waals surface area (Å²) >= 11 is 3.33. The lowest BCUT2D eigenvalue weighted by Gasteiger charge is -2.09. The van der Waals surface area contributed by atoms with Crippen molar-refractivity contribution in [3.8, 4) is 0 Å². The minimum atomic E-state index is -0.350. The molecule has 2 N–H and O–H groups in total. The first-order chi connectivity index (χ1) is 11.9. The van der Waals surface area contributed by atoms with Crippen LogP contribution in [0.1, 0.15) is 29.3 Å². The number of anilines is 1. The molecule has 2 amide bonds. The highest BCUT2D eigenvalue weighted by atomic mass is 79.9. The molecule has 4 nitrogen and oxygen atoms in total. The molecule has 0 saturated heterocycles. The van der Waals surface area contributed by atoms with E-state index in [-0.39, 0.29) is 30.1 Å². The summed E-state index contributed by atoms with van der Waals surface area (Å²) < 4.78 is 14.0. The summed E-state index contributed by atoms with van der Waals surface area (Å²) in [5.41, 5.74) is 1.81. The summed E-state index contributed by atoms with van der Waals surface area (Å²) in [5.74, 6) is -0.0251. The lowest BCUT2D eigenvalue weighted by molar-refractivity contribution is -0.117. The SMILES string of the molecule is CC1CC1C(=O)Nc1ccc(C(=O)NCc2cc(F)ccc2Br)cc1. The van der Waals surface area contributed by atoms with Crippen molar-refractivity contribution in [1.82, 2.24) is 5.32 Å². The number of carbonyl (C=O) groups excluding carboxylic acids is 2. The fraction of sp³-hybridized carbons (Fsp3) is 0.263. The van der Waals surface area contributed by atoms with Crippen LogP contribution in [0.2, 0.25) is 0 Å². The minimum absolute atomic E-state index is 0.0284. The molecular weight excluding hydrogens is 387 g/mol. The summed E-state index contributed by atoms with van der Waals surface area (Å²) in [7, 11) is 0. The summed E-state index contributed by atoms with van der Waals surface area (Å²) in [4.78, 5) is 24.1. The first-order valence-corrected chi connectivity index (χ1v) is 8.86. The van der Waals surface area contributed by atoms with E-state index in [9.17, 15) is 14.0 Å². The Bertz CT molecular complexity index is 808. The molecule has 0 bridgehead atoms. The molecule has 0 aliphatic heterocycles. The number of halogens is 2. The van der Waals surface area contributed by atoms with Crippen LogP contribution in [0.4, 0.5) is 10.1 Å². The predicted octanol–water partition coefficient (Wildman–Crippen LogP) is 4.11. The first kappa shape index (κ1) is 17.6.